The zero-order valence-electron chi connectivity index (χ0n) is 20.8. The van der Waals surface area contributed by atoms with Crippen LogP contribution in [0, 0.1) is 6.92 Å². The van der Waals surface area contributed by atoms with E-state index in [-0.39, 0.29) is 11.3 Å². The Morgan fingerprint density at radius 1 is 1.05 bits per heavy atom. The smallest absolute Gasteiger partial charge is 0.301 e. The number of nitrogens with zero attached hydrogens (tertiary/aromatic N) is 2. The Morgan fingerprint density at radius 2 is 1.82 bits per heavy atom. The molecule has 6 rings (SSSR count). The fourth-order valence-electron chi connectivity index (χ4n) is 4.69. The lowest BCUT2D eigenvalue weighted by molar-refractivity contribution is -0.132. The van der Waals surface area contributed by atoms with Gasteiger partial charge in [0.1, 0.15) is 24.7 Å². The van der Waals surface area contributed by atoms with Crippen molar-refractivity contribution in [1.82, 2.24) is 4.98 Å². The van der Waals surface area contributed by atoms with Crippen LogP contribution in [0.3, 0.4) is 0 Å². The van der Waals surface area contributed by atoms with Gasteiger partial charge in [0.05, 0.1) is 28.4 Å². The standard InChI is InChI=1S/C29H24N2O6S/c1-3-35-19-9-10-20-23(15-19)38-29(30-20)31-25(17-6-4-16(2)5-7-17)24(27(33)28(31)34)26(32)18-8-11-21-22(14-18)37-13-12-36-21/h4-11,14-15,25,32H,3,12-13H2,1-2H3/b26-24+/t25-/m1/s1. The minimum atomic E-state index is -0.865. The Balaban J connectivity index is 1.51. The fourth-order valence-corrected chi connectivity index (χ4v) is 5.71. The lowest BCUT2D eigenvalue weighted by Gasteiger charge is -2.23. The second kappa shape index (κ2) is 9.50. The third-order valence-corrected chi connectivity index (χ3v) is 7.54. The molecule has 1 fully saturated rings. The van der Waals surface area contributed by atoms with E-state index in [4.69, 9.17) is 14.2 Å². The molecule has 1 saturated heterocycles. The number of carbonyl (C=O) groups excluding carboxylic acids is 2. The summed E-state index contributed by atoms with van der Waals surface area (Å²) in [5.74, 6) is -0.0861. The van der Waals surface area contributed by atoms with Crippen molar-refractivity contribution in [1.29, 1.82) is 0 Å². The molecule has 0 unspecified atom stereocenters. The highest BCUT2D eigenvalue weighted by Crippen LogP contribution is 2.45. The molecule has 9 heteroatoms. The normalized spacial score (nSPS) is 18.3. The number of amides is 1. The van der Waals surface area contributed by atoms with E-state index in [1.54, 1.807) is 18.2 Å². The van der Waals surface area contributed by atoms with Crippen LogP contribution < -0.4 is 19.1 Å². The van der Waals surface area contributed by atoms with Gasteiger partial charge < -0.3 is 19.3 Å². The molecule has 0 spiro atoms. The van der Waals surface area contributed by atoms with Gasteiger partial charge in [-0.25, -0.2) is 4.98 Å². The Labute approximate surface area is 222 Å². The maximum Gasteiger partial charge on any atom is 0.301 e. The molecule has 0 aliphatic carbocycles. The molecule has 2 aliphatic rings. The first-order chi connectivity index (χ1) is 18.4. The number of benzene rings is 3. The fraction of sp³-hybridized carbons (Fsp3) is 0.207. The van der Waals surface area contributed by atoms with Crippen LogP contribution in [0.25, 0.3) is 16.0 Å². The number of ketones is 1. The number of fused-ring (bicyclic) bond motifs is 2. The van der Waals surface area contributed by atoms with E-state index in [1.807, 2.05) is 56.3 Å². The van der Waals surface area contributed by atoms with Crippen molar-refractivity contribution in [3.05, 3.63) is 82.9 Å². The molecule has 4 aromatic rings. The van der Waals surface area contributed by atoms with Gasteiger partial charge in [-0.15, -0.1) is 0 Å². The van der Waals surface area contributed by atoms with Crippen LogP contribution in [0.5, 0.6) is 17.2 Å². The predicted molar refractivity (Wildman–Crippen MR) is 144 cm³/mol. The molecule has 192 valence electrons. The van der Waals surface area contributed by atoms with E-state index in [2.05, 4.69) is 4.98 Å². The first kappa shape index (κ1) is 24.0. The first-order valence-electron chi connectivity index (χ1n) is 12.3. The molecule has 38 heavy (non-hydrogen) atoms. The largest absolute Gasteiger partial charge is 0.507 e. The number of aryl methyl sites for hydroxylation is 1. The number of anilines is 1. The number of hydrogen-bond donors (Lipinski definition) is 1. The van der Waals surface area contributed by atoms with Gasteiger partial charge in [-0.3, -0.25) is 14.5 Å². The summed E-state index contributed by atoms with van der Waals surface area (Å²) in [6.45, 7) is 5.21. The van der Waals surface area contributed by atoms with E-state index in [1.165, 1.54) is 16.2 Å². The second-order valence-corrected chi connectivity index (χ2v) is 10.0. The van der Waals surface area contributed by atoms with Crippen LogP contribution in [0.2, 0.25) is 0 Å². The number of hydrogen-bond acceptors (Lipinski definition) is 8. The molecule has 2 aliphatic heterocycles. The Hall–Kier alpha value is -4.37. The van der Waals surface area contributed by atoms with E-state index in [9.17, 15) is 14.7 Å². The van der Waals surface area contributed by atoms with Gasteiger partial charge in [0, 0.05) is 5.56 Å². The summed E-state index contributed by atoms with van der Waals surface area (Å²) in [4.78, 5) is 33.0. The van der Waals surface area contributed by atoms with E-state index < -0.39 is 17.7 Å². The van der Waals surface area contributed by atoms with E-state index >= 15 is 0 Å². The van der Waals surface area contributed by atoms with Gasteiger partial charge in [0.15, 0.2) is 16.6 Å². The van der Waals surface area contributed by atoms with Gasteiger partial charge in [-0.1, -0.05) is 41.2 Å². The molecular weight excluding hydrogens is 504 g/mol. The summed E-state index contributed by atoms with van der Waals surface area (Å²) < 4.78 is 17.7. The molecule has 3 aromatic carbocycles. The minimum Gasteiger partial charge on any atom is -0.507 e. The third-order valence-electron chi connectivity index (χ3n) is 6.52. The SMILES string of the molecule is CCOc1ccc2nc(N3C(=O)C(=O)/C(=C(/O)c4ccc5c(c4)OCCO5)[C@H]3c3ccc(C)cc3)sc2c1. The van der Waals surface area contributed by atoms with Crippen LogP contribution in [0.4, 0.5) is 5.13 Å². The molecule has 1 amide bonds. The number of Topliss-reactive ketones (excluding diaryl/α,β-unsaturated/α-hetero) is 1. The molecule has 1 atom stereocenters. The highest BCUT2D eigenvalue weighted by molar-refractivity contribution is 7.22. The lowest BCUT2D eigenvalue weighted by Crippen LogP contribution is -2.29. The Morgan fingerprint density at radius 3 is 2.58 bits per heavy atom. The Kier molecular flexibility index (Phi) is 6.00. The van der Waals surface area contributed by atoms with Crippen molar-refractivity contribution in [3.8, 4) is 17.2 Å². The van der Waals surface area contributed by atoms with Crippen molar-refractivity contribution in [2.24, 2.45) is 0 Å². The van der Waals surface area contributed by atoms with Crippen LogP contribution in [-0.4, -0.2) is 41.6 Å². The number of aromatic nitrogens is 1. The summed E-state index contributed by atoms with van der Waals surface area (Å²) in [6.07, 6.45) is 0. The number of thiazole rings is 1. The summed E-state index contributed by atoms with van der Waals surface area (Å²) in [5.41, 5.74) is 2.74. The zero-order valence-corrected chi connectivity index (χ0v) is 21.6. The Bertz CT molecular complexity index is 1610. The van der Waals surface area contributed by atoms with Crippen molar-refractivity contribution in [2.45, 2.75) is 19.9 Å². The maximum absolute atomic E-state index is 13.5. The highest BCUT2D eigenvalue weighted by atomic mass is 32.1. The van der Waals surface area contributed by atoms with Crippen molar-refractivity contribution < 1.29 is 28.9 Å². The van der Waals surface area contributed by atoms with Gasteiger partial charge in [-0.05, 0) is 55.8 Å². The van der Waals surface area contributed by atoms with Crippen LogP contribution in [0.1, 0.15) is 29.7 Å². The summed E-state index contributed by atoms with van der Waals surface area (Å²) in [6, 6.07) is 17.1. The summed E-state index contributed by atoms with van der Waals surface area (Å²) in [7, 11) is 0. The van der Waals surface area contributed by atoms with E-state index in [0.29, 0.717) is 58.8 Å². The molecule has 0 bridgehead atoms. The first-order valence-corrected chi connectivity index (χ1v) is 13.1. The van der Waals surface area contributed by atoms with Gasteiger partial charge in [0.2, 0.25) is 0 Å². The predicted octanol–water partition coefficient (Wildman–Crippen LogP) is 5.40. The van der Waals surface area contributed by atoms with Gasteiger partial charge in [0.25, 0.3) is 5.78 Å². The molecule has 1 N–H and O–H groups in total. The molecule has 3 heterocycles. The van der Waals surface area contributed by atoms with Crippen LogP contribution in [-0.2, 0) is 9.59 Å². The van der Waals surface area contributed by atoms with Crippen LogP contribution >= 0.6 is 11.3 Å². The summed E-state index contributed by atoms with van der Waals surface area (Å²) in [5, 5.41) is 11.8. The average Bonchev–Trinajstić information content (AvgIpc) is 3.46. The molecule has 0 radical (unpaired) electrons. The number of aliphatic hydroxyl groups is 1. The average molecular weight is 529 g/mol. The summed E-state index contributed by atoms with van der Waals surface area (Å²) >= 11 is 1.29. The highest BCUT2D eigenvalue weighted by Gasteiger charge is 2.48. The lowest BCUT2D eigenvalue weighted by atomic mass is 9.94. The number of carbonyl (C=O) groups is 2. The monoisotopic (exact) mass is 528 g/mol. The molecule has 8 nitrogen and oxygen atoms in total. The quantitative estimate of drug-likeness (QED) is 0.210. The van der Waals surface area contributed by atoms with Gasteiger partial charge in [-0.2, -0.15) is 0 Å². The van der Waals surface area contributed by atoms with Gasteiger partial charge >= 0.3 is 5.91 Å². The minimum absolute atomic E-state index is 0.00945. The van der Waals surface area contributed by atoms with E-state index in [0.717, 1.165) is 10.3 Å². The molecule has 0 saturated carbocycles. The molecular formula is C29H24N2O6S. The number of aliphatic hydroxyl groups excluding tert-OH is 1. The van der Waals surface area contributed by atoms with Crippen molar-refractivity contribution >= 4 is 44.1 Å². The van der Waals surface area contributed by atoms with Crippen LogP contribution in [0.15, 0.2) is 66.2 Å². The van der Waals surface area contributed by atoms with Crippen molar-refractivity contribution in [3.63, 3.8) is 0 Å². The topological polar surface area (TPSA) is 98.2 Å². The number of ether oxygens (including phenoxy) is 3. The third kappa shape index (κ3) is 4.05. The molecule has 1 aromatic heterocycles. The number of rotatable bonds is 5. The zero-order chi connectivity index (χ0) is 26.4. The second-order valence-electron chi connectivity index (χ2n) is 9.00. The maximum atomic E-state index is 13.5. The van der Waals surface area contributed by atoms with Crippen molar-refractivity contribution in [2.75, 3.05) is 24.7 Å².